The van der Waals surface area contributed by atoms with Gasteiger partial charge in [-0.2, -0.15) is 5.26 Å². The van der Waals surface area contributed by atoms with Gasteiger partial charge in [-0.15, -0.1) is 0 Å². The molecule has 0 aliphatic heterocycles. The van der Waals surface area contributed by atoms with E-state index in [1.165, 1.54) is 12.5 Å². The minimum atomic E-state index is -3.63. The number of imidazole rings is 1. The Morgan fingerprint density at radius 2 is 2.25 bits per heavy atom. The summed E-state index contributed by atoms with van der Waals surface area (Å²) in [7, 11) is -3.63. The number of nitrogens with zero attached hydrogens (tertiary/aromatic N) is 3. The Labute approximate surface area is 117 Å². The minimum absolute atomic E-state index is 0.00390. The third-order valence-corrected chi connectivity index (χ3v) is 4.06. The zero-order valence-corrected chi connectivity index (χ0v) is 11.8. The fourth-order valence-corrected chi connectivity index (χ4v) is 2.62. The Morgan fingerprint density at radius 3 is 2.90 bits per heavy atom. The topological polar surface area (TPSA) is 87.8 Å². The third-order valence-electron chi connectivity index (χ3n) is 2.77. The van der Waals surface area contributed by atoms with Crippen LogP contribution in [0.4, 0.5) is 0 Å². The van der Waals surface area contributed by atoms with E-state index in [1.54, 1.807) is 28.8 Å². The van der Waals surface area contributed by atoms with Crippen molar-refractivity contribution in [2.45, 2.75) is 25.0 Å². The lowest BCUT2D eigenvalue weighted by atomic mass is 10.1. The van der Waals surface area contributed by atoms with Gasteiger partial charge in [0.25, 0.3) is 10.0 Å². The number of nitrogens with one attached hydrogen (secondary N) is 1. The maximum atomic E-state index is 12.0. The Bertz CT molecular complexity index is 744. The van der Waals surface area contributed by atoms with E-state index in [1.807, 2.05) is 13.0 Å². The number of hydrogen-bond donors (Lipinski definition) is 1. The number of nitriles is 1. The van der Waals surface area contributed by atoms with Crippen LogP contribution in [-0.4, -0.2) is 18.0 Å². The second-order valence-electron chi connectivity index (χ2n) is 4.18. The summed E-state index contributed by atoms with van der Waals surface area (Å²) in [5, 5.41) is 8.79. The van der Waals surface area contributed by atoms with Crippen LogP contribution in [0.1, 0.15) is 18.1 Å². The first-order chi connectivity index (χ1) is 9.55. The van der Waals surface area contributed by atoms with Crippen LogP contribution in [0.5, 0.6) is 0 Å². The molecule has 104 valence electrons. The van der Waals surface area contributed by atoms with E-state index in [0.717, 1.165) is 5.56 Å². The number of rotatable bonds is 5. The van der Waals surface area contributed by atoms with Crippen LogP contribution in [0, 0.1) is 11.3 Å². The summed E-state index contributed by atoms with van der Waals surface area (Å²) in [6.45, 7) is 2.68. The summed E-state index contributed by atoms with van der Waals surface area (Å²) in [6.07, 6.45) is 2.96. The van der Waals surface area contributed by atoms with Gasteiger partial charge in [-0.25, -0.2) is 18.1 Å². The first kappa shape index (κ1) is 14.2. The van der Waals surface area contributed by atoms with E-state index in [-0.39, 0.29) is 11.6 Å². The smallest absolute Gasteiger partial charge is 0.259 e. The van der Waals surface area contributed by atoms with E-state index in [2.05, 4.69) is 9.71 Å². The number of hydrogen-bond acceptors (Lipinski definition) is 4. The molecule has 0 fully saturated rings. The monoisotopic (exact) mass is 290 g/mol. The van der Waals surface area contributed by atoms with Gasteiger partial charge in [0, 0.05) is 19.3 Å². The average molecular weight is 290 g/mol. The molecule has 0 saturated heterocycles. The van der Waals surface area contributed by atoms with E-state index in [0.29, 0.717) is 12.1 Å². The summed E-state index contributed by atoms with van der Waals surface area (Å²) in [5.74, 6) is 0. The van der Waals surface area contributed by atoms with Gasteiger partial charge in [-0.1, -0.05) is 12.1 Å². The van der Waals surface area contributed by atoms with Crippen molar-refractivity contribution in [3.8, 4) is 6.07 Å². The van der Waals surface area contributed by atoms with Gasteiger partial charge in [0.2, 0.25) is 0 Å². The van der Waals surface area contributed by atoms with Crippen molar-refractivity contribution >= 4 is 10.0 Å². The van der Waals surface area contributed by atoms with Crippen LogP contribution in [0.2, 0.25) is 0 Å². The fraction of sp³-hybridized carbons (Fsp3) is 0.231. The first-order valence-corrected chi connectivity index (χ1v) is 7.54. The predicted molar refractivity (Wildman–Crippen MR) is 73.1 cm³/mol. The highest BCUT2D eigenvalue weighted by Crippen LogP contribution is 2.08. The summed E-state index contributed by atoms with van der Waals surface area (Å²) < 4.78 is 28.2. The van der Waals surface area contributed by atoms with Crippen LogP contribution in [-0.2, 0) is 23.1 Å². The predicted octanol–water partition coefficient (Wildman–Crippen LogP) is 1.25. The van der Waals surface area contributed by atoms with Crippen LogP contribution >= 0.6 is 0 Å². The van der Waals surface area contributed by atoms with Crippen molar-refractivity contribution in [2.24, 2.45) is 0 Å². The Morgan fingerprint density at radius 1 is 1.45 bits per heavy atom. The summed E-state index contributed by atoms with van der Waals surface area (Å²) in [5.41, 5.74) is 1.22. The SMILES string of the molecule is CCn1cnc(S(=O)(=O)NCc2cccc(C#N)c2)c1. The zero-order chi connectivity index (χ0) is 14.6. The molecular formula is C13H14N4O2S. The summed E-state index contributed by atoms with van der Waals surface area (Å²) in [4.78, 5) is 3.86. The van der Waals surface area contributed by atoms with Gasteiger partial charge in [-0.05, 0) is 24.6 Å². The van der Waals surface area contributed by atoms with Gasteiger partial charge >= 0.3 is 0 Å². The molecule has 0 amide bonds. The summed E-state index contributed by atoms with van der Waals surface area (Å²) >= 11 is 0. The molecule has 0 saturated carbocycles. The van der Waals surface area contributed by atoms with Crippen LogP contribution in [0.15, 0.2) is 41.8 Å². The second kappa shape index (κ2) is 5.86. The Kier molecular flexibility index (Phi) is 4.17. The minimum Gasteiger partial charge on any atom is -0.336 e. The zero-order valence-electron chi connectivity index (χ0n) is 10.9. The van der Waals surface area contributed by atoms with E-state index >= 15 is 0 Å². The Balaban J connectivity index is 2.11. The van der Waals surface area contributed by atoms with Gasteiger partial charge in [-0.3, -0.25) is 0 Å². The largest absolute Gasteiger partial charge is 0.336 e. The number of benzene rings is 1. The molecular weight excluding hydrogens is 276 g/mol. The molecule has 6 nitrogen and oxygen atoms in total. The molecule has 20 heavy (non-hydrogen) atoms. The lowest BCUT2D eigenvalue weighted by Crippen LogP contribution is -2.23. The summed E-state index contributed by atoms with van der Waals surface area (Å²) in [6, 6.07) is 8.80. The van der Waals surface area contributed by atoms with Crippen molar-refractivity contribution in [2.75, 3.05) is 0 Å². The normalized spacial score (nSPS) is 11.2. The highest BCUT2D eigenvalue weighted by atomic mass is 32.2. The Hall–Kier alpha value is -2.17. The molecule has 2 aromatic rings. The molecule has 2 rings (SSSR count). The quantitative estimate of drug-likeness (QED) is 0.897. The third kappa shape index (κ3) is 3.23. The van der Waals surface area contributed by atoms with E-state index < -0.39 is 10.0 Å². The fourth-order valence-electron chi connectivity index (χ4n) is 1.65. The molecule has 0 spiro atoms. The molecule has 7 heteroatoms. The van der Waals surface area contributed by atoms with Crippen molar-refractivity contribution in [3.63, 3.8) is 0 Å². The molecule has 1 aromatic heterocycles. The molecule has 1 aromatic carbocycles. The molecule has 0 unspecified atom stereocenters. The van der Waals surface area contributed by atoms with Crippen LogP contribution in [0.3, 0.4) is 0 Å². The number of aromatic nitrogens is 2. The molecule has 0 bridgehead atoms. The van der Waals surface area contributed by atoms with E-state index in [9.17, 15) is 8.42 Å². The first-order valence-electron chi connectivity index (χ1n) is 6.05. The highest BCUT2D eigenvalue weighted by Gasteiger charge is 2.16. The second-order valence-corrected chi connectivity index (χ2v) is 5.89. The number of sulfonamides is 1. The molecule has 0 aliphatic rings. The highest BCUT2D eigenvalue weighted by molar-refractivity contribution is 7.89. The van der Waals surface area contributed by atoms with E-state index in [4.69, 9.17) is 5.26 Å². The standard InChI is InChI=1S/C13H14N4O2S/c1-2-17-9-13(15-10-17)20(18,19)16-8-12-5-3-4-11(6-12)7-14/h3-6,9-10,16H,2,8H2,1H3. The molecule has 1 N–H and O–H groups in total. The van der Waals surface area contributed by atoms with Gasteiger partial charge in [0.05, 0.1) is 18.0 Å². The van der Waals surface area contributed by atoms with Crippen LogP contribution < -0.4 is 4.72 Å². The van der Waals surface area contributed by atoms with Crippen molar-refractivity contribution in [1.29, 1.82) is 5.26 Å². The number of aryl methyl sites for hydroxylation is 1. The van der Waals surface area contributed by atoms with Crippen molar-refractivity contribution < 1.29 is 8.42 Å². The molecule has 0 radical (unpaired) electrons. The van der Waals surface area contributed by atoms with Crippen molar-refractivity contribution in [1.82, 2.24) is 14.3 Å². The van der Waals surface area contributed by atoms with Crippen molar-refractivity contribution in [3.05, 3.63) is 47.9 Å². The maximum Gasteiger partial charge on any atom is 0.259 e. The molecule has 0 atom stereocenters. The van der Waals surface area contributed by atoms with Crippen LogP contribution in [0.25, 0.3) is 0 Å². The average Bonchev–Trinajstić information content (AvgIpc) is 2.95. The lowest BCUT2D eigenvalue weighted by molar-refractivity contribution is 0.578. The van der Waals surface area contributed by atoms with Gasteiger partial charge < -0.3 is 4.57 Å². The van der Waals surface area contributed by atoms with Gasteiger partial charge in [0.1, 0.15) is 0 Å². The maximum absolute atomic E-state index is 12.0. The molecule has 1 heterocycles. The lowest BCUT2D eigenvalue weighted by Gasteiger charge is -2.04. The van der Waals surface area contributed by atoms with Gasteiger partial charge in [0.15, 0.2) is 5.03 Å². The molecule has 0 aliphatic carbocycles.